The first-order valence-electron chi connectivity index (χ1n) is 12.3. The maximum Gasteiger partial charge on any atom is 0.230 e. The van der Waals surface area contributed by atoms with Crippen LogP contribution in [0.25, 0.3) is 0 Å². The van der Waals surface area contributed by atoms with Crippen LogP contribution in [0.4, 0.5) is 5.69 Å². The fourth-order valence-electron chi connectivity index (χ4n) is 4.38. The van der Waals surface area contributed by atoms with Gasteiger partial charge in [0.1, 0.15) is 0 Å². The van der Waals surface area contributed by atoms with Gasteiger partial charge in [0.05, 0.1) is 12.2 Å². The lowest BCUT2D eigenvalue weighted by atomic mass is 9.87. The normalized spacial score (nSPS) is 16.2. The number of aryl methyl sites for hydroxylation is 2. The lowest BCUT2D eigenvalue weighted by Gasteiger charge is -2.31. The molecule has 0 aliphatic heterocycles. The van der Waals surface area contributed by atoms with Gasteiger partial charge in [-0.05, 0) is 91.6 Å². The summed E-state index contributed by atoms with van der Waals surface area (Å²) < 4.78 is 3.69. The van der Waals surface area contributed by atoms with Crippen LogP contribution >= 0.6 is 11.9 Å². The van der Waals surface area contributed by atoms with Crippen LogP contribution in [0.15, 0.2) is 71.6 Å². The molecule has 1 aromatic heterocycles. The van der Waals surface area contributed by atoms with E-state index in [0.717, 1.165) is 29.9 Å². The van der Waals surface area contributed by atoms with E-state index in [9.17, 15) is 4.79 Å². The van der Waals surface area contributed by atoms with Gasteiger partial charge in [-0.2, -0.15) is 0 Å². The number of hydrogen-bond acceptors (Lipinski definition) is 4. The van der Waals surface area contributed by atoms with Crippen molar-refractivity contribution in [3.8, 4) is 0 Å². The first-order chi connectivity index (χ1) is 16.4. The van der Waals surface area contributed by atoms with Gasteiger partial charge in [0.15, 0.2) is 0 Å². The van der Waals surface area contributed by atoms with Crippen LogP contribution in [0.2, 0.25) is 0 Å². The molecule has 178 valence electrons. The molecule has 5 heteroatoms. The molecule has 2 aromatic carbocycles. The van der Waals surface area contributed by atoms with E-state index in [4.69, 9.17) is 0 Å². The topological polar surface area (TPSA) is 45.2 Å². The van der Waals surface area contributed by atoms with Gasteiger partial charge in [0.25, 0.3) is 0 Å². The zero-order valence-electron chi connectivity index (χ0n) is 20.6. The number of benzene rings is 2. The van der Waals surface area contributed by atoms with Gasteiger partial charge in [0, 0.05) is 28.2 Å². The summed E-state index contributed by atoms with van der Waals surface area (Å²) >= 11 is 1.68. The van der Waals surface area contributed by atoms with E-state index < -0.39 is 0 Å². The summed E-state index contributed by atoms with van der Waals surface area (Å²) in [6.45, 7) is 8.72. The van der Waals surface area contributed by atoms with Crippen LogP contribution in [0.3, 0.4) is 0 Å². The SMILES string of the molecule is Cc1cccc(CN(C(=O)[C@@H](C)C(C)C)c2ccc3c(c2)C(NSc2ccccc2)CCC3)n1. The fourth-order valence-corrected chi connectivity index (χ4v) is 5.20. The number of aromatic nitrogens is 1. The van der Waals surface area contributed by atoms with Crippen molar-refractivity contribution in [2.45, 2.75) is 64.4 Å². The van der Waals surface area contributed by atoms with Crippen molar-refractivity contribution in [2.24, 2.45) is 11.8 Å². The molecule has 2 atom stereocenters. The summed E-state index contributed by atoms with van der Waals surface area (Å²) in [5.41, 5.74) is 5.52. The number of anilines is 1. The van der Waals surface area contributed by atoms with E-state index in [1.165, 1.54) is 22.4 Å². The first kappa shape index (κ1) is 24.5. The molecule has 1 heterocycles. The first-order valence-corrected chi connectivity index (χ1v) is 13.1. The second kappa shape index (κ2) is 11.2. The van der Waals surface area contributed by atoms with Crippen LogP contribution in [-0.4, -0.2) is 10.9 Å². The zero-order valence-corrected chi connectivity index (χ0v) is 21.4. The van der Waals surface area contributed by atoms with Gasteiger partial charge in [0.2, 0.25) is 5.91 Å². The molecule has 1 unspecified atom stereocenters. The molecule has 0 saturated heterocycles. The van der Waals surface area contributed by atoms with Crippen molar-refractivity contribution in [1.29, 1.82) is 0 Å². The monoisotopic (exact) mass is 473 g/mol. The summed E-state index contributed by atoms with van der Waals surface area (Å²) in [5, 5.41) is 0. The van der Waals surface area contributed by atoms with E-state index in [1.807, 2.05) is 43.0 Å². The molecule has 34 heavy (non-hydrogen) atoms. The molecule has 1 amide bonds. The maximum atomic E-state index is 13.6. The van der Waals surface area contributed by atoms with E-state index in [-0.39, 0.29) is 23.8 Å². The average Bonchev–Trinajstić information content (AvgIpc) is 2.85. The highest BCUT2D eigenvalue weighted by atomic mass is 32.2. The molecule has 0 saturated carbocycles. The van der Waals surface area contributed by atoms with Crippen LogP contribution in [0, 0.1) is 18.8 Å². The summed E-state index contributed by atoms with van der Waals surface area (Å²) in [7, 11) is 0. The molecule has 1 aliphatic carbocycles. The van der Waals surface area contributed by atoms with Gasteiger partial charge in [-0.25, -0.2) is 0 Å². The number of nitrogens with zero attached hydrogens (tertiary/aromatic N) is 2. The number of carbonyl (C=O) groups excluding carboxylic acids is 1. The van der Waals surface area contributed by atoms with Crippen molar-refractivity contribution >= 4 is 23.5 Å². The van der Waals surface area contributed by atoms with Crippen LogP contribution in [-0.2, 0) is 17.8 Å². The third-order valence-electron chi connectivity index (χ3n) is 6.74. The minimum Gasteiger partial charge on any atom is -0.306 e. The number of fused-ring (bicyclic) bond motifs is 1. The number of carbonyl (C=O) groups is 1. The fraction of sp³-hybridized carbons (Fsp3) is 0.379. The average molecular weight is 474 g/mol. The Morgan fingerprint density at radius 3 is 2.62 bits per heavy atom. The summed E-state index contributed by atoms with van der Waals surface area (Å²) in [5.74, 6) is 0.357. The smallest absolute Gasteiger partial charge is 0.230 e. The minimum absolute atomic E-state index is 0.0663. The summed E-state index contributed by atoms with van der Waals surface area (Å²) in [6, 6.07) is 23.3. The van der Waals surface area contributed by atoms with Gasteiger partial charge >= 0.3 is 0 Å². The van der Waals surface area contributed by atoms with Gasteiger partial charge in [-0.3, -0.25) is 14.5 Å². The second-order valence-electron chi connectivity index (χ2n) is 9.59. The number of nitrogens with one attached hydrogen (secondary N) is 1. The number of pyridine rings is 1. The lowest BCUT2D eigenvalue weighted by Crippen LogP contribution is -2.37. The molecule has 1 aliphatic rings. The van der Waals surface area contributed by atoms with E-state index in [1.54, 1.807) is 11.9 Å². The Kier molecular flexibility index (Phi) is 8.07. The Hall–Kier alpha value is -2.63. The Morgan fingerprint density at radius 2 is 1.88 bits per heavy atom. The van der Waals surface area contributed by atoms with E-state index >= 15 is 0 Å². The highest BCUT2D eigenvalue weighted by Crippen LogP contribution is 2.35. The lowest BCUT2D eigenvalue weighted by molar-refractivity contribution is -0.123. The molecule has 0 bridgehead atoms. The van der Waals surface area contributed by atoms with Crippen LogP contribution in [0.5, 0.6) is 0 Å². The van der Waals surface area contributed by atoms with Crippen LogP contribution < -0.4 is 9.62 Å². The molecule has 0 spiro atoms. The summed E-state index contributed by atoms with van der Waals surface area (Å²) in [6.07, 6.45) is 3.34. The summed E-state index contributed by atoms with van der Waals surface area (Å²) in [4.78, 5) is 21.4. The van der Waals surface area contributed by atoms with Gasteiger partial charge in [-0.1, -0.05) is 51.1 Å². The molecule has 0 radical (unpaired) electrons. The standard InChI is InChI=1S/C29H35N3OS/c1-20(2)22(4)29(33)32(19-24-12-8-10-21(3)30-24)25-17-16-23-11-9-15-28(27(23)18-25)31-34-26-13-6-5-7-14-26/h5-8,10,12-14,16-18,20,22,28,31H,9,11,15,19H2,1-4H3/t22-,28?/m0/s1. The molecule has 1 N–H and O–H groups in total. The Labute approximate surface area is 208 Å². The molecule has 0 fully saturated rings. The predicted molar refractivity (Wildman–Crippen MR) is 142 cm³/mol. The Morgan fingerprint density at radius 1 is 1.09 bits per heavy atom. The van der Waals surface area contributed by atoms with E-state index in [0.29, 0.717) is 6.54 Å². The number of amides is 1. The van der Waals surface area contributed by atoms with Crippen molar-refractivity contribution in [2.75, 3.05) is 4.90 Å². The molecule has 3 aromatic rings. The van der Waals surface area contributed by atoms with Crippen molar-refractivity contribution in [3.63, 3.8) is 0 Å². The maximum absolute atomic E-state index is 13.6. The van der Waals surface area contributed by atoms with E-state index in [2.05, 4.69) is 66.0 Å². The number of rotatable bonds is 8. The quantitative estimate of drug-likeness (QED) is 0.362. The molecule has 4 nitrogen and oxygen atoms in total. The molecular weight excluding hydrogens is 438 g/mol. The predicted octanol–water partition coefficient (Wildman–Crippen LogP) is 6.89. The van der Waals surface area contributed by atoms with Crippen molar-refractivity contribution < 1.29 is 4.79 Å². The highest BCUT2D eigenvalue weighted by Gasteiger charge is 2.27. The minimum atomic E-state index is -0.0663. The van der Waals surface area contributed by atoms with Gasteiger partial charge < -0.3 is 4.90 Å². The van der Waals surface area contributed by atoms with Crippen molar-refractivity contribution in [1.82, 2.24) is 9.71 Å². The highest BCUT2D eigenvalue weighted by molar-refractivity contribution is 7.97. The third-order valence-corrected chi connectivity index (χ3v) is 7.65. The third kappa shape index (κ3) is 5.89. The zero-order chi connectivity index (χ0) is 24.1. The number of hydrogen-bond donors (Lipinski definition) is 1. The van der Waals surface area contributed by atoms with Crippen molar-refractivity contribution in [3.05, 3.63) is 89.2 Å². The molecular formula is C29H35N3OS. The Bertz CT molecular complexity index is 1120. The molecule has 4 rings (SSSR count). The largest absolute Gasteiger partial charge is 0.306 e. The second-order valence-corrected chi connectivity index (χ2v) is 10.5. The van der Waals surface area contributed by atoms with Gasteiger partial charge in [-0.15, -0.1) is 0 Å². The Balaban J connectivity index is 1.64. The van der Waals surface area contributed by atoms with Crippen LogP contribution in [0.1, 0.15) is 62.2 Å².